The van der Waals surface area contributed by atoms with Crippen LogP contribution >= 0.6 is 0 Å². The molecule has 1 aliphatic carbocycles. The first-order valence-corrected chi connectivity index (χ1v) is 6.72. The third-order valence-corrected chi connectivity index (χ3v) is 4.12. The molecule has 0 aliphatic heterocycles. The number of aryl methyl sites for hydroxylation is 1. The summed E-state index contributed by atoms with van der Waals surface area (Å²) in [6.45, 7) is 2.89. The number of hydrogen-bond donors (Lipinski definition) is 1. The van der Waals surface area contributed by atoms with Crippen molar-refractivity contribution < 1.29 is 0 Å². The molecule has 0 amide bonds. The van der Waals surface area contributed by atoms with Gasteiger partial charge in [-0.3, -0.25) is 0 Å². The summed E-state index contributed by atoms with van der Waals surface area (Å²) in [5.74, 6) is 0.784. The van der Waals surface area contributed by atoms with Gasteiger partial charge in [0.2, 0.25) is 0 Å². The van der Waals surface area contributed by atoms with Gasteiger partial charge in [0.1, 0.15) is 0 Å². The molecule has 2 rings (SSSR count). The molecule has 1 atom stereocenters. The second-order valence-electron chi connectivity index (χ2n) is 5.29. The molecule has 94 valence electrons. The van der Waals surface area contributed by atoms with Crippen molar-refractivity contribution in [1.82, 2.24) is 0 Å². The van der Waals surface area contributed by atoms with Crippen molar-refractivity contribution in [3.05, 3.63) is 29.8 Å². The number of anilines is 1. The molecular formula is C15H24N2. The summed E-state index contributed by atoms with van der Waals surface area (Å²) in [6, 6.07) is 9.25. The molecule has 1 aromatic rings. The van der Waals surface area contributed by atoms with Gasteiger partial charge in [-0.05, 0) is 37.8 Å². The van der Waals surface area contributed by atoms with E-state index in [4.69, 9.17) is 5.73 Å². The van der Waals surface area contributed by atoms with Gasteiger partial charge in [0.25, 0.3) is 0 Å². The predicted molar refractivity (Wildman–Crippen MR) is 74.4 cm³/mol. The lowest BCUT2D eigenvalue weighted by Crippen LogP contribution is -2.42. The lowest BCUT2D eigenvalue weighted by atomic mass is 9.96. The highest BCUT2D eigenvalue weighted by Crippen LogP contribution is 2.31. The maximum absolute atomic E-state index is 5.98. The van der Waals surface area contributed by atoms with E-state index >= 15 is 0 Å². The number of likely N-dealkylation sites (N-methyl/N-ethyl adjacent to an activating group) is 1. The van der Waals surface area contributed by atoms with Gasteiger partial charge in [-0.1, -0.05) is 30.5 Å². The Balaban J connectivity index is 2.10. The Hall–Kier alpha value is -1.02. The van der Waals surface area contributed by atoms with Gasteiger partial charge in [-0.25, -0.2) is 0 Å². The van der Waals surface area contributed by atoms with E-state index in [1.165, 1.54) is 36.9 Å². The second-order valence-corrected chi connectivity index (χ2v) is 5.29. The van der Waals surface area contributed by atoms with Crippen LogP contribution in [0.4, 0.5) is 5.69 Å². The second kappa shape index (κ2) is 5.54. The number of nitrogens with two attached hydrogens (primary N) is 1. The summed E-state index contributed by atoms with van der Waals surface area (Å²) in [5.41, 5.74) is 8.58. The summed E-state index contributed by atoms with van der Waals surface area (Å²) in [6.07, 6.45) is 5.45. The minimum absolute atomic E-state index is 0.500. The highest BCUT2D eigenvalue weighted by molar-refractivity contribution is 5.48. The Labute approximate surface area is 105 Å². The molecule has 0 aromatic heterocycles. The van der Waals surface area contributed by atoms with E-state index < -0.39 is 0 Å². The molecule has 2 N–H and O–H groups in total. The monoisotopic (exact) mass is 232 g/mol. The van der Waals surface area contributed by atoms with E-state index in [1.54, 1.807) is 0 Å². The van der Waals surface area contributed by atoms with Gasteiger partial charge in [0.05, 0.1) is 0 Å². The summed E-state index contributed by atoms with van der Waals surface area (Å²) in [4.78, 5) is 2.37. The first-order valence-electron chi connectivity index (χ1n) is 6.72. The summed E-state index contributed by atoms with van der Waals surface area (Å²) in [7, 11) is 2.18. The largest absolute Gasteiger partial charge is 0.370 e. The maximum Gasteiger partial charge on any atom is 0.0437 e. The molecule has 1 aliphatic rings. The maximum atomic E-state index is 5.98. The van der Waals surface area contributed by atoms with Gasteiger partial charge >= 0.3 is 0 Å². The van der Waals surface area contributed by atoms with Crippen molar-refractivity contribution in [3.63, 3.8) is 0 Å². The SMILES string of the molecule is Cc1ccc(N(C)C(CN)C2CCCC2)cc1. The fourth-order valence-electron chi connectivity index (χ4n) is 2.98. The minimum atomic E-state index is 0.500. The van der Waals surface area contributed by atoms with Crippen molar-refractivity contribution in [1.29, 1.82) is 0 Å². The average molecular weight is 232 g/mol. The highest BCUT2D eigenvalue weighted by Gasteiger charge is 2.27. The molecule has 2 nitrogen and oxygen atoms in total. The van der Waals surface area contributed by atoms with Crippen molar-refractivity contribution in [3.8, 4) is 0 Å². The topological polar surface area (TPSA) is 29.3 Å². The van der Waals surface area contributed by atoms with Crippen molar-refractivity contribution >= 4 is 5.69 Å². The van der Waals surface area contributed by atoms with Crippen LogP contribution in [-0.2, 0) is 0 Å². The van der Waals surface area contributed by atoms with Crippen LogP contribution in [0.3, 0.4) is 0 Å². The van der Waals surface area contributed by atoms with Crippen molar-refractivity contribution in [2.75, 3.05) is 18.5 Å². The normalized spacial score (nSPS) is 18.3. The van der Waals surface area contributed by atoms with Gasteiger partial charge in [0.15, 0.2) is 0 Å². The zero-order chi connectivity index (χ0) is 12.3. The zero-order valence-electron chi connectivity index (χ0n) is 11.0. The quantitative estimate of drug-likeness (QED) is 0.865. The fourth-order valence-corrected chi connectivity index (χ4v) is 2.98. The number of benzene rings is 1. The van der Waals surface area contributed by atoms with Crippen molar-refractivity contribution in [2.45, 2.75) is 38.6 Å². The fraction of sp³-hybridized carbons (Fsp3) is 0.600. The molecule has 0 bridgehead atoms. The highest BCUT2D eigenvalue weighted by atomic mass is 15.1. The average Bonchev–Trinajstić information content (AvgIpc) is 2.84. The van der Waals surface area contributed by atoms with Gasteiger partial charge in [-0.15, -0.1) is 0 Å². The van der Waals surface area contributed by atoms with Gasteiger partial charge in [0, 0.05) is 25.3 Å². The molecule has 2 heteroatoms. The van der Waals surface area contributed by atoms with Crippen molar-refractivity contribution in [2.24, 2.45) is 11.7 Å². The summed E-state index contributed by atoms with van der Waals surface area (Å²) >= 11 is 0. The van der Waals surface area contributed by atoms with Crippen LogP contribution in [0.1, 0.15) is 31.2 Å². The summed E-state index contributed by atoms with van der Waals surface area (Å²) in [5, 5.41) is 0. The number of nitrogens with zero attached hydrogens (tertiary/aromatic N) is 1. The third-order valence-electron chi connectivity index (χ3n) is 4.12. The standard InChI is InChI=1S/C15H24N2/c1-12-7-9-14(10-8-12)17(2)15(11-16)13-5-3-4-6-13/h7-10,13,15H,3-6,11,16H2,1-2H3. The Morgan fingerprint density at radius 1 is 1.24 bits per heavy atom. The summed E-state index contributed by atoms with van der Waals surface area (Å²) < 4.78 is 0. The molecule has 1 saturated carbocycles. The van der Waals surface area contributed by atoms with Crippen LogP contribution in [0, 0.1) is 12.8 Å². The number of rotatable bonds is 4. The number of hydrogen-bond acceptors (Lipinski definition) is 2. The lowest BCUT2D eigenvalue weighted by molar-refractivity contribution is 0.422. The van der Waals surface area contributed by atoms with Gasteiger partial charge in [-0.2, -0.15) is 0 Å². The Morgan fingerprint density at radius 2 is 1.82 bits per heavy atom. The molecule has 0 saturated heterocycles. The van der Waals surface area contributed by atoms with Crippen LogP contribution in [-0.4, -0.2) is 19.6 Å². The smallest absolute Gasteiger partial charge is 0.0437 e. The Bertz CT molecular complexity index is 338. The molecular weight excluding hydrogens is 208 g/mol. The molecule has 17 heavy (non-hydrogen) atoms. The van der Waals surface area contributed by atoms with E-state index in [9.17, 15) is 0 Å². The minimum Gasteiger partial charge on any atom is -0.370 e. The van der Waals surface area contributed by atoms with E-state index in [1.807, 2.05) is 0 Å². The van der Waals surface area contributed by atoms with Crippen LogP contribution < -0.4 is 10.6 Å². The Kier molecular flexibility index (Phi) is 4.06. The first kappa shape index (κ1) is 12.4. The van der Waals surface area contributed by atoms with Crippen LogP contribution in [0.25, 0.3) is 0 Å². The van der Waals surface area contributed by atoms with Crippen LogP contribution in [0.15, 0.2) is 24.3 Å². The molecule has 1 unspecified atom stereocenters. The van der Waals surface area contributed by atoms with Crippen LogP contribution in [0.5, 0.6) is 0 Å². The third kappa shape index (κ3) is 2.81. The van der Waals surface area contributed by atoms with Crippen LogP contribution in [0.2, 0.25) is 0 Å². The van der Waals surface area contributed by atoms with Gasteiger partial charge < -0.3 is 10.6 Å². The molecule has 1 aromatic carbocycles. The van der Waals surface area contributed by atoms with E-state index in [-0.39, 0.29) is 0 Å². The van der Waals surface area contributed by atoms with E-state index in [0.29, 0.717) is 6.04 Å². The molecule has 0 radical (unpaired) electrons. The zero-order valence-corrected chi connectivity index (χ0v) is 11.0. The predicted octanol–water partition coefficient (Wildman–Crippen LogP) is 2.95. The molecule has 0 heterocycles. The van der Waals surface area contributed by atoms with E-state index in [0.717, 1.165) is 12.5 Å². The molecule has 1 fully saturated rings. The Morgan fingerprint density at radius 3 is 2.35 bits per heavy atom. The first-order chi connectivity index (χ1) is 8.22. The molecule has 0 spiro atoms. The van der Waals surface area contributed by atoms with E-state index in [2.05, 4.69) is 43.1 Å². The lowest BCUT2D eigenvalue weighted by Gasteiger charge is -2.33.